The zero-order chi connectivity index (χ0) is 23.7. The number of carboxylic acid groups (broad SMARTS) is 1. The number of carbonyl (C=O) groups is 5. The largest absolute Gasteiger partial charge is 0.480 e. The molecule has 14 heteroatoms. The highest BCUT2D eigenvalue weighted by Crippen LogP contribution is 2.19. The lowest BCUT2D eigenvalue weighted by Crippen LogP contribution is -2.58. The zero-order valence-corrected chi connectivity index (χ0v) is 18.8. The van der Waals surface area contributed by atoms with E-state index in [0.717, 1.165) is 0 Å². The predicted molar refractivity (Wildman–Crippen MR) is 117 cm³/mol. The fraction of sp³-hybridized carbons (Fsp3) is 0.706. The van der Waals surface area contributed by atoms with E-state index in [4.69, 9.17) is 10.8 Å². The van der Waals surface area contributed by atoms with Gasteiger partial charge in [0, 0.05) is 18.1 Å². The van der Waals surface area contributed by atoms with Crippen LogP contribution >= 0.6 is 25.3 Å². The van der Waals surface area contributed by atoms with Crippen molar-refractivity contribution in [1.82, 2.24) is 20.9 Å². The van der Waals surface area contributed by atoms with Crippen molar-refractivity contribution >= 4 is 54.9 Å². The van der Waals surface area contributed by atoms with Crippen LogP contribution in [0.15, 0.2) is 0 Å². The number of hydrogen-bond acceptors (Lipinski definition) is 9. The summed E-state index contributed by atoms with van der Waals surface area (Å²) in [5.41, 5.74) is 5.53. The Morgan fingerprint density at radius 2 is 1.71 bits per heavy atom. The summed E-state index contributed by atoms with van der Waals surface area (Å²) in [5.74, 6) is -3.99. The summed E-state index contributed by atoms with van der Waals surface area (Å²) in [5, 5.41) is 25.7. The second kappa shape index (κ2) is 12.7. The van der Waals surface area contributed by atoms with E-state index in [1.165, 1.54) is 11.8 Å². The van der Waals surface area contributed by atoms with Gasteiger partial charge in [-0.05, 0) is 19.8 Å². The SMILES string of the molecule is C[C@H](NC(=O)[C@@H](N)CS)C(=O)N[C@@H](CO)C(=O)N1CCC[C@H]1C(=O)N[C@@H](CS)C(=O)O. The van der Waals surface area contributed by atoms with Crippen molar-refractivity contribution in [3.63, 3.8) is 0 Å². The second-order valence-electron chi connectivity index (χ2n) is 7.03. The average Bonchev–Trinajstić information content (AvgIpc) is 3.23. The summed E-state index contributed by atoms with van der Waals surface area (Å²) in [7, 11) is 0. The number of aliphatic hydroxyl groups excluding tert-OH is 1. The van der Waals surface area contributed by atoms with Gasteiger partial charge in [0.1, 0.15) is 24.2 Å². The number of nitrogens with zero attached hydrogens (tertiary/aromatic N) is 1. The smallest absolute Gasteiger partial charge is 0.327 e. The molecule has 1 aliphatic rings. The number of carbonyl (C=O) groups excluding carboxylic acids is 4. The van der Waals surface area contributed by atoms with E-state index >= 15 is 0 Å². The quantitative estimate of drug-likeness (QED) is 0.141. The summed E-state index contributed by atoms with van der Waals surface area (Å²) >= 11 is 7.78. The van der Waals surface area contributed by atoms with Crippen LogP contribution in [0.5, 0.6) is 0 Å². The van der Waals surface area contributed by atoms with Crippen LogP contribution in [0.2, 0.25) is 0 Å². The minimum atomic E-state index is -1.35. The number of nitrogens with one attached hydrogen (secondary N) is 3. The van der Waals surface area contributed by atoms with Crippen LogP contribution in [0.3, 0.4) is 0 Å². The molecule has 1 fully saturated rings. The zero-order valence-electron chi connectivity index (χ0n) is 17.0. The van der Waals surface area contributed by atoms with Crippen LogP contribution in [-0.4, -0.2) is 99.6 Å². The van der Waals surface area contributed by atoms with Crippen molar-refractivity contribution in [1.29, 1.82) is 0 Å². The molecule has 1 rings (SSSR count). The van der Waals surface area contributed by atoms with Crippen molar-refractivity contribution in [2.75, 3.05) is 24.7 Å². The molecule has 176 valence electrons. The fourth-order valence-electron chi connectivity index (χ4n) is 2.91. The molecule has 0 aromatic rings. The number of hydrogen-bond donors (Lipinski definition) is 8. The van der Waals surface area contributed by atoms with Gasteiger partial charge in [0.05, 0.1) is 12.6 Å². The summed E-state index contributed by atoms with van der Waals surface area (Å²) < 4.78 is 0. The first-order valence-electron chi connectivity index (χ1n) is 9.59. The highest BCUT2D eigenvalue weighted by molar-refractivity contribution is 7.80. The Balaban J connectivity index is 2.78. The summed E-state index contributed by atoms with van der Waals surface area (Å²) in [6.45, 7) is 0.846. The standard InChI is InChI=1S/C17H29N5O7S2/c1-8(19-14(25)9(18)6-30)13(24)20-10(5-23)16(27)22-4-2-3-12(22)15(26)21-11(7-31)17(28)29/h8-12,23,30-31H,2-7,18H2,1H3,(H,19,25)(H,20,24)(H,21,26)(H,28,29)/t8-,9-,10-,11-,12-/m0/s1. The highest BCUT2D eigenvalue weighted by Gasteiger charge is 2.38. The minimum Gasteiger partial charge on any atom is -0.480 e. The molecule has 0 saturated carbocycles. The summed E-state index contributed by atoms with van der Waals surface area (Å²) in [6, 6.07) is -5.45. The van der Waals surface area contributed by atoms with E-state index < -0.39 is 66.4 Å². The number of aliphatic hydroxyl groups is 1. The van der Waals surface area contributed by atoms with Crippen molar-refractivity contribution in [3.8, 4) is 0 Å². The van der Waals surface area contributed by atoms with Gasteiger partial charge in [0.15, 0.2) is 0 Å². The van der Waals surface area contributed by atoms with Gasteiger partial charge in [-0.3, -0.25) is 19.2 Å². The normalized spacial score (nSPS) is 19.6. The molecule has 0 aromatic heterocycles. The summed E-state index contributed by atoms with van der Waals surface area (Å²) in [4.78, 5) is 61.7. The van der Waals surface area contributed by atoms with Crippen LogP contribution < -0.4 is 21.7 Å². The first-order valence-corrected chi connectivity index (χ1v) is 10.9. The van der Waals surface area contributed by atoms with E-state index in [9.17, 15) is 29.1 Å². The number of nitrogens with two attached hydrogens (primary N) is 1. The fourth-order valence-corrected chi connectivity index (χ4v) is 3.32. The molecule has 12 nitrogen and oxygen atoms in total. The predicted octanol–water partition coefficient (Wildman–Crippen LogP) is -3.28. The van der Waals surface area contributed by atoms with Crippen LogP contribution in [-0.2, 0) is 24.0 Å². The van der Waals surface area contributed by atoms with Crippen molar-refractivity contribution < 1.29 is 34.2 Å². The van der Waals surface area contributed by atoms with Crippen molar-refractivity contribution in [3.05, 3.63) is 0 Å². The maximum atomic E-state index is 12.8. The maximum absolute atomic E-state index is 12.8. The van der Waals surface area contributed by atoms with Gasteiger partial charge in [-0.15, -0.1) is 0 Å². The molecule has 1 aliphatic heterocycles. The van der Waals surface area contributed by atoms with E-state index in [1.54, 1.807) is 0 Å². The second-order valence-corrected chi connectivity index (χ2v) is 7.77. The van der Waals surface area contributed by atoms with E-state index in [0.29, 0.717) is 12.8 Å². The monoisotopic (exact) mass is 479 g/mol. The third kappa shape index (κ3) is 7.55. The van der Waals surface area contributed by atoms with Gasteiger partial charge in [-0.2, -0.15) is 25.3 Å². The molecule has 1 saturated heterocycles. The first-order chi connectivity index (χ1) is 14.6. The maximum Gasteiger partial charge on any atom is 0.327 e. The molecule has 5 atom stereocenters. The minimum absolute atomic E-state index is 0.0757. The van der Waals surface area contributed by atoms with E-state index in [2.05, 4.69) is 41.2 Å². The number of aliphatic carboxylic acids is 1. The van der Waals surface area contributed by atoms with Crippen LogP contribution in [0, 0.1) is 0 Å². The third-order valence-electron chi connectivity index (χ3n) is 4.72. The lowest BCUT2D eigenvalue weighted by molar-refractivity contribution is -0.145. The van der Waals surface area contributed by atoms with E-state index in [1.807, 2.05) is 0 Å². The lowest BCUT2D eigenvalue weighted by Gasteiger charge is -2.29. The molecule has 0 spiro atoms. The molecule has 7 N–H and O–H groups in total. The Labute approximate surface area is 190 Å². The Hall–Kier alpha value is -2.03. The average molecular weight is 480 g/mol. The Morgan fingerprint density at radius 3 is 2.23 bits per heavy atom. The molecule has 0 aliphatic carbocycles. The molecule has 0 radical (unpaired) electrons. The Morgan fingerprint density at radius 1 is 1.06 bits per heavy atom. The first kappa shape index (κ1) is 27.0. The summed E-state index contributed by atoms with van der Waals surface area (Å²) in [6.07, 6.45) is 0.791. The number of carboxylic acids is 1. The molecule has 4 amide bonds. The molecule has 0 unspecified atom stereocenters. The Kier molecular flexibility index (Phi) is 11.1. The number of rotatable bonds is 11. The molecule has 0 aromatic carbocycles. The van der Waals surface area contributed by atoms with Gasteiger partial charge in [0.2, 0.25) is 23.6 Å². The van der Waals surface area contributed by atoms with Crippen LogP contribution in [0.4, 0.5) is 0 Å². The molecule has 0 bridgehead atoms. The molecular formula is C17H29N5O7S2. The topological polar surface area (TPSA) is 191 Å². The number of amides is 4. The van der Waals surface area contributed by atoms with Crippen LogP contribution in [0.1, 0.15) is 19.8 Å². The van der Waals surface area contributed by atoms with E-state index in [-0.39, 0.29) is 18.1 Å². The molecule has 31 heavy (non-hydrogen) atoms. The van der Waals surface area contributed by atoms with Gasteiger partial charge >= 0.3 is 5.97 Å². The van der Waals surface area contributed by atoms with Crippen molar-refractivity contribution in [2.45, 2.75) is 50.0 Å². The van der Waals surface area contributed by atoms with Gasteiger partial charge in [-0.1, -0.05) is 0 Å². The molecule has 1 heterocycles. The third-order valence-corrected chi connectivity index (χ3v) is 5.48. The van der Waals surface area contributed by atoms with Crippen molar-refractivity contribution in [2.24, 2.45) is 5.73 Å². The lowest BCUT2D eigenvalue weighted by atomic mass is 10.1. The highest BCUT2D eigenvalue weighted by atomic mass is 32.1. The van der Waals surface area contributed by atoms with Crippen LogP contribution in [0.25, 0.3) is 0 Å². The van der Waals surface area contributed by atoms with Gasteiger partial charge in [-0.25, -0.2) is 4.79 Å². The molecular weight excluding hydrogens is 450 g/mol. The Bertz CT molecular complexity index is 696. The number of likely N-dealkylation sites (tertiary alicyclic amines) is 1. The van der Waals surface area contributed by atoms with Gasteiger partial charge in [0.25, 0.3) is 0 Å². The van der Waals surface area contributed by atoms with Gasteiger partial charge < -0.3 is 36.8 Å². The number of thiol groups is 2.